The van der Waals surface area contributed by atoms with Gasteiger partial charge in [0.15, 0.2) is 0 Å². The van der Waals surface area contributed by atoms with Gasteiger partial charge in [-0.1, -0.05) is 59.1 Å². The summed E-state index contributed by atoms with van der Waals surface area (Å²) < 4.78 is 22.1. The van der Waals surface area contributed by atoms with Gasteiger partial charge in [-0.25, -0.2) is 4.39 Å². The number of nitrogens with zero attached hydrogens (tertiary/aromatic N) is 3. The molecule has 4 aromatic rings. The lowest BCUT2D eigenvalue weighted by Gasteiger charge is -2.22. The van der Waals surface area contributed by atoms with Gasteiger partial charge < -0.3 is 19.5 Å². The highest BCUT2D eigenvalue weighted by Crippen LogP contribution is 2.30. The van der Waals surface area contributed by atoms with Gasteiger partial charge in [0.25, 0.3) is 5.91 Å². The number of benzene rings is 3. The first-order valence-corrected chi connectivity index (χ1v) is 15.2. The standard InChI is InChI=1S/C32H34Cl3FN4O2/c1-42-30-9-2-6-23-24(32(41)37-19-22-10-11-27(34)28(35)18-22)21-40(31(23)30)15-5-13-38-12-4-14-39(17-16-38)20-25-26(33)7-3-8-29(25)36/h2-3,6-11,18,21H,4-5,12-17,19-20H2,1H3,(H,37,41). The predicted molar refractivity (Wildman–Crippen MR) is 168 cm³/mol. The summed E-state index contributed by atoms with van der Waals surface area (Å²) in [6.45, 7) is 6.16. The Bertz CT molecular complexity index is 1540. The number of hydrogen-bond acceptors (Lipinski definition) is 4. The maximum atomic E-state index is 14.3. The molecule has 0 atom stereocenters. The van der Waals surface area contributed by atoms with E-state index >= 15 is 0 Å². The maximum Gasteiger partial charge on any atom is 0.253 e. The van der Waals surface area contributed by atoms with Gasteiger partial charge in [0, 0.05) is 54.9 Å². The van der Waals surface area contributed by atoms with Crippen LogP contribution in [0.1, 0.15) is 34.3 Å². The first-order valence-electron chi connectivity index (χ1n) is 14.1. The molecule has 1 fully saturated rings. The smallest absolute Gasteiger partial charge is 0.253 e. The second-order valence-corrected chi connectivity index (χ2v) is 11.8. The van der Waals surface area contributed by atoms with Gasteiger partial charge in [0.1, 0.15) is 11.6 Å². The van der Waals surface area contributed by atoms with Crippen molar-refractivity contribution < 1.29 is 13.9 Å². The molecular formula is C32H34Cl3FN4O2. The van der Waals surface area contributed by atoms with Crippen LogP contribution in [-0.2, 0) is 19.6 Å². The van der Waals surface area contributed by atoms with E-state index in [0.29, 0.717) is 39.3 Å². The van der Waals surface area contributed by atoms with Crippen molar-refractivity contribution in [1.82, 2.24) is 19.7 Å². The highest BCUT2D eigenvalue weighted by molar-refractivity contribution is 6.42. The van der Waals surface area contributed by atoms with Gasteiger partial charge in [-0.05, 0) is 68.4 Å². The summed E-state index contributed by atoms with van der Waals surface area (Å²) in [5.41, 5.74) is 2.94. The van der Waals surface area contributed by atoms with Crippen LogP contribution in [0, 0.1) is 5.82 Å². The quantitative estimate of drug-likeness (QED) is 0.200. The molecule has 0 radical (unpaired) electrons. The summed E-state index contributed by atoms with van der Waals surface area (Å²) in [5.74, 6) is 0.314. The maximum absolute atomic E-state index is 14.3. The number of carbonyl (C=O) groups excluding carboxylic acids is 1. The monoisotopic (exact) mass is 630 g/mol. The number of carbonyl (C=O) groups is 1. The minimum atomic E-state index is -0.250. The number of methoxy groups -OCH3 is 1. The van der Waals surface area contributed by atoms with Crippen LogP contribution in [0.25, 0.3) is 10.9 Å². The van der Waals surface area contributed by atoms with E-state index in [1.165, 1.54) is 6.07 Å². The number of ether oxygens (including phenoxy) is 1. The Morgan fingerprint density at radius 2 is 1.71 bits per heavy atom. The van der Waals surface area contributed by atoms with E-state index < -0.39 is 0 Å². The molecule has 0 unspecified atom stereocenters. The van der Waals surface area contributed by atoms with Crippen molar-refractivity contribution >= 4 is 51.6 Å². The fourth-order valence-corrected chi connectivity index (χ4v) is 6.10. The summed E-state index contributed by atoms with van der Waals surface area (Å²) >= 11 is 18.4. The first kappa shape index (κ1) is 30.6. The summed E-state index contributed by atoms with van der Waals surface area (Å²) in [6.07, 6.45) is 3.83. The topological polar surface area (TPSA) is 49.7 Å². The van der Waals surface area contributed by atoms with Gasteiger partial charge in [-0.3, -0.25) is 9.69 Å². The van der Waals surface area contributed by atoms with Crippen molar-refractivity contribution in [3.63, 3.8) is 0 Å². The summed E-state index contributed by atoms with van der Waals surface area (Å²) in [6, 6.07) is 16.0. The number of halogens is 4. The van der Waals surface area contributed by atoms with Crippen LogP contribution in [0.15, 0.2) is 60.8 Å². The molecule has 0 bridgehead atoms. The average molecular weight is 632 g/mol. The first-order chi connectivity index (χ1) is 20.3. The number of fused-ring (bicyclic) bond motifs is 1. The van der Waals surface area contributed by atoms with Crippen molar-refractivity contribution in [2.75, 3.05) is 39.8 Å². The Hall–Kier alpha value is -2.81. The number of aromatic nitrogens is 1. The Kier molecular flexibility index (Phi) is 10.3. The van der Waals surface area contributed by atoms with Gasteiger partial charge >= 0.3 is 0 Å². The molecule has 1 saturated heterocycles. The summed E-state index contributed by atoms with van der Waals surface area (Å²) in [5, 5.41) is 5.27. The molecule has 1 aliphatic rings. The lowest BCUT2D eigenvalue weighted by molar-refractivity contribution is 0.0952. The van der Waals surface area contributed by atoms with E-state index in [1.54, 1.807) is 31.4 Å². The highest BCUT2D eigenvalue weighted by Gasteiger charge is 2.20. The Morgan fingerprint density at radius 3 is 2.50 bits per heavy atom. The molecule has 0 spiro atoms. The van der Waals surface area contributed by atoms with E-state index in [-0.39, 0.29) is 11.7 Å². The average Bonchev–Trinajstić information content (AvgIpc) is 3.21. The molecule has 1 N–H and O–H groups in total. The molecule has 3 aromatic carbocycles. The lowest BCUT2D eigenvalue weighted by Crippen LogP contribution is -2.31. The number of amides is 1. The number of nitrogens with one attached hydrogen (secondary N) is 1. The number of para-hydroxylation sites is 1. The van der Waals surface area contributed by atoms with Gasteiger partial charge in [0.05, 0.1) is 28.2 Å². The molecule has 1 aromatic heterocycles. The van der Waals surface area contributed by atoms with Crippen LogP contribution < -0.4 is 10.1 Å². The number of aryl methyl sites for hydroxylation is 1. The lowest BCUT2D eigenvalue weighted by atomic mass is 10.1. The van der Waals surface area contributed by atoms with Crippen LogP contribution in [0.5, 0.6) is 5.75 Å². The van der Waals surface area contributed by atoms with Crippen molar-refractivity contribution in [1.29, 1.82) is 0 Å². The van der Waals surface area contributed by atoms with Crippen molar-refractivity contribution in [3.8, 4) is 5.75 Å². The summed E-state index contributed by atoms with van der Waals surface area (Å²) in [4.78, 5) is 18.0. The van der Waals surface area contributed by atoms with E-state index in [1.807, 2.05) is 30.5 Å². The molecule has 0 aliphatic carbocycles. The van der Waals surface area contributed by atoms with E-state index in [2.05, 4.69) is 19.7 Å². The van der Waals surface area contributed by atoms with Gasteiger partial charge in [0.2, 0.25) is 0 Å². The van der Waals surface area contributed by atoms with Gasteiger partial charge in [-0.15, -0.1) is 0 Å². The predicted octanol–water partition coefficient (Wildman–Crippen LogP) is 7.28. The normalized spacial score (nSPS) is 14.7. The number of rotatable bonds is 10. The second-order valence-electron chi connectivity index (χ2n) is 10.5. The molecule has 0 saturated carbocycles. The SMILES string of the molecule is COc1cccc2c(C(=O)NCc3ccc(Cl)c(Cl)c3)cn(CCCN3CCCN(Cc4c(F)cccc4Cl)CC3)c12. The molecule has 42 heavy (non-hydrogen) atoms. The molecule has 2 heterocycles. The van der Waals surface area contributed by atoms with E-state index in [4.69, 9.17) is 39.5 Å². The minimum absolute atomic E-state index is 0.166. The minimum Gasteiger partial charge on any atom is -0.495 e. The van der Waals surface area contributed by atoms with Gasteiger partial charge in [-0.2, -0.15) is 0 Å². The zero-order valence-corrected chi connectivity index (χ0v) is 25.8. The Morgan fingerprint density at radius 1 is 0.929 bits per heavy atom. The van der Waals surface area contributed by atoms with Crippen LogP contribution in [0.3, 0.4) is 0 Å². The molecule has 6 nitrogen and oxygen atoms in total. The van der Waals surface area contributed by atoms with Crippen molar-refractivity contribution in [2.45, 2.75) is 32.5 Å². The van der Waals surface area contributed by atoms with Crippen molar-refractivity contribution in [2.24, 2.45) is 0 Å². The van der Waals surface area contributed by atoms with E-state index in [0.717, 1.165) is 74.3 Å². The molecule has 5 rings (SSSR count). The van der Waals surface area contributed by atoms with Crippen LogP contribution in [-0.4, -0.2) is 60.1 Å². The van der Waals surface area contributed by atoms with Crippen LogP contribution >= 0.6 is 34.8 Å². The second kappa shape index (κ2) is 14.1. The molecule has 10 heteroatoms. The molecule has 1 amide bonds. The Balaban J connectivity index is 1.22. The van der Waals surface area contributed by atoms with Crippen LogP contribution in [0.4, 0.5) is 4.39 Å². The largest absolute Gasteiger partial charge is 0.495 e. The fourth-order valence-electron chi connectivity index (χ4n) is 5.55. The molecule has 222 valence electrons. The number of hydrogen-bond donors (Lipinski definition) is 1. The van der Waals surface area contributed by atoms with Crippen molar-refractivity contribution in [3.05, 3.63) is 98.4 Å². The third-order valence-electron chi connectivity index (χ3n) is 7.76. The van der Waals surface area contributed by atoms with E-state index in [9.17, 15) is 9.18 Å². The fraction of sp³-hybridized carbons (Fsp3) is 0.344. The zero-order valence-electron chi connectivity index (χ0n) is 23.5. The zero-order chi connectivity index (χ0) is 29.6. The molecular weight excluding hydrogens is 598 g/mol. The highest BCUT2D eigenvalue weighted by atomic mass is 35.5. The third kappa shape index (κ3) is 7.21. The third-order valence-corrected chi connectivity index (χ3v) is 8.85. The Labute approximate surface area is 260 Å². The summed E-state index contributed by atoms with van der Waals surface area (Å²) in [7, 11) is 1.65. The van der Waals surface area contributed by atoms with Crippen LogP contribution in [0.2, 0.25) is 15.1 Å². The molecule has 1 aliphatic heterocycles.